The number of rotatable bonds is 13. The van der Waals surface area contributed by atoms with Crippen LogP contribution in [0, 0.1) is 5.41 Å². The van der Waals surface area contributed by atoms with Gasteiger partial charge in [-0.2, -0.15) is 4.31 Å². The maximum atomic E-state index is 14.1. The topological polar surface area (TPSA) is 73.4 Å². The fourth-order valence-corrected chi connectivity index (χ4v) is 9.23. The van der Waals surface area contributed by atoms with E-state index in [0.29, 0.717) is 6.54 Å². The molecule has 3 rings (SSSR count). The van der Waals surface area contributed by atoms with Crippen LogP contribution in [0.3, 0.4) is 0 Å². The Morgan fingerprint density at radius 2 is 1.67 bits per heavy atom. The molecular formula is C30H54N4O4S. The van der Waals surface area contributed by atoms with Crippen molar-refractivity contribution in [2.24, 2.45) is 5.41 Å². The number of carbonyl (C=O) groups excluding carboxylic acids is 1. The van der Waals surface area contributed by atoms with Crippen LogP contribution in [0.5, 0.6) is 0 Å². The van der Waals surface area contributed by atoms with Gasteiger partial charge < -0.3 is 14.5 Å². The molecule has 9 heteroatoms. The number of allylic oxidation sites excluding steroid dienone is 3. The third-order valence-corrected chi connectivity index (χ3v) is 12.2. The van der Waals surface area contributed by atoms with Gasteiger partial charge in [0.15, 0.2) is 0 Å². The van der Waals surface area contributed by atoms with E-state index in [4.69, 9.17) is 4.74 Å². The molecule has 2 heterocycles. The minimum atomic E-state index is -3.65. The Morgan fingerprint density at radius 3 is 2.26 bits per heavy atom. The predicted octanol–water partition coefficient (Wildman–Crippen LogP) is 3.75. The molecule has 0 radical (unpaired) electrons. The van der Waals surface area contributed by atoms with Crippen LogP contribution in [0.25, 0.3) is 0 Å². The van der Waals surface area contributed by atoms with Gasteiger partial charge in [0.1, 0.15) is 11.4 Å². The molecule has 0 bridgehead atoms. The van der Waals surface area contributed by atoms with Gasteiger partial charge in [-0.15, -0.1) is 0 Å². The average molecular weight is 567 g/mol. The SMILES string of the molecule is CCCN(CCC)CCN1CCN(C(=O)COC[C@@H]2CCCN2S(=O)(=O)C2(C)C(C)=CC(C)=CC2(C)C)CC1. The van der Waals surface area contributed by atoms with Crippen LogP contribution in [0.1, 0.15) is 74.1 Å². The summed E-state index contributed by atoms with van der Waals surface area (Å²) in [5.74, 6) is 0.000382. The summed E-state index contributed by atoms with van der Waals surface area (Å²) in [4.78, 5) is 19.8. The number of sulfonamides is 1. The van der Waals surface area contributed by atoms with Crippen molar-refractivity contribution in [3.63, 3.8) is 0 Å². The second kappa shape index (κ2) is 13.6. The molecule has 0 aromatic carbocycles. The first-order valence-corrected chi connectivity index (χ1v) is 16.5. The van der Waals surface area contributed by atoms with Crippen molar-refractivity contribution in [2.45, 2.75) is 84.9 Å². The number of hydrogen-bond acceptors (Lipinski definition) is 6. The summed E-state index contributed by atoms with van der Waals surface area (Å²) in [7, 11) is -3.65. The predicted molar refractivity (Wildman–Crippen MR) is 159 cm³/mol. The Hall–Kier alpha value is -1.26. The molecule has 0 spiro atoms. The van der Waals surface area contributed by atoms with Crippen LogP contribution in [0.2, 0.25) is 0 Å². The Labute approximate surface area is 238 Å². The fourth-order valence-electron chi connectivity index (χ4n) is 6.64. The average Bonchev–Trinajstić information content (AvgIpc) is 3.35. The molecule has 2 saturated heterocycles. The molecule has 8 nitrogen and oxygen atoms in total. The molecule has 0 aromatic heterocycles. The summed E-state index contributed by atoms with van der Waals surface area (Å²) in [5, 5.41) is 0. The van der Waals surface area contributed by atoms with Gasteiger partial charge in [-0.3, -0.25) is 9.69 Å². The Kier molecular flexibility index (Phi) is 11.2. The molecule has 0 saturated carbocycles. The van der Waals surface area contributed by atoms with Gasteiger partial charge in [0.05, 0.1) is 6.61 Å². The lowest BCUT2D eigenvalue weighted by molar-refractivity contribution is -0.138. The van der Waals surface area contributed by atoms with Crippen molar-refractivity contribution >= 4 is 15.9 Å². The first kappa shape index (κ1) is 32.3. The van der Waals surface area contributed by atoms with Crippen molar-refractivity contribution in [2.75, 3.05) is 72.1 Å². The highest BCUT2D eigenvalue weighted by Gasteiger charge is 2.56. The van der Waals surface area contributed by atoms with Crippen LogP contribution < -0.4 is 0 Å². The highest BCUT2D eigenvalue weighted by molar-refractivity contribution is 7.90. The van der Waals surface area contributed by atoms with Gasteiger partial charge in [0.25, 0.3) is 0 Å². The molecule has 39 heavy (non-hydrogen) atoms. The first-order valence-electron chi connectivity index (χ1n) is 15.1. The highest BCUT2D eigenvalue weighted by Crippen LogP contribution is 2.49. The molecule has 1 unspecified atom stereocenters. The molecule has 1 amide bonds. The van der Waals surface area contributed by atoms with E-state index in [-0.39, 0.29) is 25.2 Å². The van der Waals surface area contributed by atoms with Gasteiger partial charge >= 0.3 is 0 Å². The van der Waals surface area contributed by atoms with Crippen molar-refractivity contribution in [3.8, 4) is 0 Å². The van der Waals surface area contributed by atoms with Gasteiger partial charge in [0, 0.05) is 57.3 Å². The molecule has 0 N–H and O–H groups in total. The molecule has 224 valence electrons. The van der Waals surface area contributed by atoms with Crippen LogP contribution in [-0.2, 0) is 19.6 Å². The van der Waals surface area contributed by atoms with Gasteiger partial charge in [-0.25, -0.2) is 8.42 Å². The van der Waals surface area contributed by atoms with Gasteiger partial charge in [0.2, 0.25) is 15.9 Å². The van der Waals surface area contributed by atoms with Crippen molar-refractivity contribution in [1.29, 1.82) is 0 Å². The van der Waals surface area contributed by atoms with E-state index >= 15 is 0 Å². The summed E-state index contributed by atoms with van der Waals surface area (Å²) in [5.41, 5.74) is 1.43. The number of ether oxygens (including phenoxy) is 1. The molecule has 2 aliphatic heterocycles. The fraction of sp³-hybridized carbons (Fsp3) is 0.833. The third kappa shape index (κ3) is 7.15. The number of piperazine rings is 1. The summed E-state index contributed by atoms with van der Waals surface area (Å²) in [6.45, 7) is 22.7. The smallest absolute Gasteiger partial charge is 0.248 e. The maximum absolute atomic E-state index is 14.1. The zero-order valence-electron chi connectivity index (χ0n) is 25.7. The van der Waals surface area contributed by atoms with E-state index in [1.165, 1.54) is 12.8 Å². The summed E-state index contributed by atoms with van der Waals surface area (Å²) in [6, 6.07) is -0.235. The van der Waals surface area contributed by atoms with Crippen molar-refractivity contribution < 1.29 is 17.9 Å². The molecule has 0 aromatic rings. The number of carbonyl (C=O) groups is 1. The normalized spacial score (nSPS) is 26.7. The summed E-state index contributed by atoms with van der Waals surface area (Å²) in [6.07, 6.45) is 7.99. The van der Waals surface area contributed by atoms with Crippen LogP contribution in [-0.4, -0.2) is 116 Å². The number of hydrogen-bond donors (Lipinski definition) is 0. The monoisotopic (exact) mass is 566 g/mol. The molecular weight excluding hydrogens is 512 g/mol. The lowest BCUT2D eigenvalue weighted by Crippen LogP contribution is -2.57. The van der Waals surface area contributed by atoms with Crippen LogP contribution >= 0.6 is 0 Å². The molecule has 2 fully saturated rings. The third-order valence-electron chi connectivity index (χ3n) is 9.24. The van der Waals surface area contributed by atoms with Crippen molar-refractivity contribution in [3.05, 3.63) is 23.3 Å². The summed E-state index contributed by atoms with van der Waals surface area (Å²) >= 11 is 0. The lowest BCUT2D eigenvalue weighted by Gasteiger charge is -2.47. The number of nitrogens with zero attached hydrogens (tertiary/aromatic N) is 4. The first-order chi connectivity index (χ1) is 18.4. The second-order valence-electron chi connectivity index (χ2n) is 12.5. The Balaban J connectivity index is 1.49. The molecule has 2 atom stereocenters. The van der Waals surface area contributed by atoms with Crippen LogP contribution in [0.15, 0.2) is 23.3 Å². The zero-order valence-corrected chi connectivity index (χ0v) is 26.5. The molecule has 3 aliphatic rings. The minimum Gasteiger partial charge on any atom is -0.370 e. The van der Waals surface area contributed by atoms with Gasteiger partial charge in [-0.1, -0.05) is 51.0 Å². The van der Waals surface area contributed by atoms with E-state index in [1.807, 2.05) is 45.6 Å². The zero-order chi connectivity index (χ0) is 28.8. The van der Waals surface area contributed by atoms with E-state index < -0.39 is 20.2 Å². The lowest BCUT2D eigenvalue weighted by atomic mass is 9.71. The quantitative estimate of drug-likeness (QED) is 0.338. The van der Waals surface area contributed by atoms with Crippen LogP contribution in [0.4, 0.5) is 0 Å². The Morgan fingerprint density at radius 1 is 1.03 bits per heavy atom. The summed E-state index contributed by atoms with van der Waals surface area (Å²) < 4.78 is 34.7. The van der Waals surface area contributed by atoms with E-state index in [1.54, 1.807) is 4.31 Å². The number of amides is 1. The largest absolute Gasteiger partial charge is 0.370 e. The molecule has 1 aliphatic carbocycles. The minimum absolute atomic E-state index is 0.000382. The second-order valence-corrected chi connectivity index (χ2v) is 14.7. The van der Waals surface area contributed by atoms with E-state index in [0.717, 1.165) is 76.3 Å². The van der Waals surface area contributed by atoms with Gasteiger partial charge in [-0.05, 0) is 59.5 Å². The van der Waals surface area contributed by atoms with E-state index in [9.17, 15) is 13.2 Å². The maximum Gasteiger partial charge on any atom is 0.248 e. The Bertz CT molecular complexity index is 994. The highest BCUT2D eigenvalue weighted by atomic mass is 32.2. The van der Waals surface area contributed by atoms with Crippen molar-refractivity contribution in [1.82, 2.24) is 19.0 Å². The van der Waals surface area contributed by atoms with E-state index in [2.05, 4.69) is 29.7 Å². The standard InChI is InChI=1S/C30H54N4O4S/c1-8-12-31(13-9-2)15-16-32-17-19-33(20-18-32)28(35)24-38-23-27-11-10-14-34(27)39(36,37)30(7)26(4)21-25(3)22-29(30,5)6/h21-22,27H,8-20,23-24H2,1-7H3/t27-,30?/m0/s1.